The lowest BCUT2D eigenvalue weighted by Crippen LogP contribution is -2.37. The second kappa shape index (κ2) is 9.26. The van der Waals surface area contributed by atoms with Gasteiger partial charge in [0.15, 0.2) is 6.61 Å². The number of primary amides is 1. The first-order chi connectivity index (χ1) is 13.7. The molecule has 0 unspecified atom stereocenters. The number of hydrogen-bond acceptors (Lipinski definition) is 7. The zero-order chi connectivity index (χ0) is 21.6. The molecular formula is C18H17FN4O6. The third-order valence-electron chi connectivity index (χ3n) is 3.81. The molecule has 2 amide bonds. The van der Waals surface area contributed by atoms with Gasteiger partial charge in [-0.3, -0.25) is 19.7 Å². The molecular weight excluding hydrogens is 387 g/mol. The molecule has 0 aliphatic carbocycles. The number of nitrogens with zero attached hydrogens (tertiary/aromatic N) is 2. The van der Waals surface area contributed by atoms with Crippen LogP contribution in [0.2, 0.25) is 0 Å². The third kappa shape index (κ3) is 5.73. The summed E-state index contributed by atoms with van der Waals surface area (Å²) >= 11 is 0. The highest BCUT2D eigenvalue weighted by Crippen LogP contribution is 2.21. The summed E-state index contributed by atoms with van der Waals surface area (Å²) in [5.74, 6) is -2.82. The molecule has 0 bridgehead atoms. The number of rotatable bonds is 8. The van der Waals surface area contributed by atoms with Gasteiger partial charge in [0.1, 0.15) is 5.82 Å². The van der Waals surface area contributed by atoms with Crippen molar-refractivity contribution in [1.82, 2.24) is 0 Å². The van der Waals surface area contributed by atoms with Gasteiger partial charge in [0, 0.05) is 30.8 Å². The van der Waals surface area contributed by atoms with Gasteiger partial charge in [0.2, 0.25) is 5.91 Å². The minimum absolute atomic E-state index is 0.100. The summed E-state index contributed by atoms with van der Waals surface area (Å²) in [5, 5.41) is 10.7. The van der Waals surface area contributed by atoms with Gasteiger partial charge in [0.05, 0.1) is 16.2 Å². The second-order valence-corrected chi connectivity index (χ2v) is 5.84. The first-order valence-corrected chi connectivity index (χ1v) is 8.24. The van der Waals surface area contributed by atoms with Crippen LogP contribution in [-0.4, -0.2) is 35.9 Å². The molecule has 2 aromatic rings. The Balaban J connectivity index is 2.10. The van der Waals surface area contributed by atoms with Crippen LogP contribution in [0.4, 0.5) is 21.5 Å². The molecule has 0 fully saturated rings. The van der Waals surface area contributed by atoms with E-state index in [4.69, 9.17) is 16.2 Å². The van der Waals surface area contributed by atoms with Crippen LogP contribution in [0.5, 0.6) is 0 Å². The summed E-state index contributed by atoms with van der Waals surface area (Å²) in [5.41, 5.74) is 10.4. The number of benzene rings is 2. The van der Waals surface area contributed by atoms with E-state index in [2.05, 4.69) is 0 Å². The Labute approximate surface area is 164 Å². The Morgan fingerprint density at radius 3 is 2.34 bits per heavy atom. The normalized spacial score (nSPS) is 10.2. The fourth-order valence-corrected chi connectivity index (χ4v) is 2.37. The SMILES string of the molecule is NC(=O)CCN(C(=O)COC(=O)c1ccc([N+](=O)[O-])cc1N)c1ccc(F)cc1. The predicted octanol–water partition coefficient (Wildman–Crippen LogP) is 1.38. The van der Waals surface area contributed by atoms with E-state index in [0.717, 1.165) is 35.2 Å². The van der Waals surface area contributed by atoms with Crippen molar-refractivity contribution in [2.24, 2.45) is 5.73 Å². The molecule has 152 valence electrons. The Hall–Kier alpha value is -4.02. The minimum Gasteiger partial charge on any atom is -0.452 e. The summed E-state index contributed by atoms with van der Waals surface area (Å²) in [7, 11) is 0. The molecule has 0 saturated heterocycles. The van der Waals surface area contributed by atoms with Crippen LogP contribution in [0.1, 0.15) is 16.8 Å². The molecule has 0 aliphatic rings. The fraction of sp³-hybridized carbons (Fsp3) is 0.167. The van der Waals surface area contributed by atoms with Gasteiger partial charge >= 0.3 is 5.97 Å². The summed E-state index contributed by atoms with van der Waals surface area (Å²) in [6, 6.07) is 8.09. The highest BCUT2D eigenvalue weighted by Gasteiger charge is 2.21. The molecule has 0 aliphatic heterocycles. The van der Waals surface area contributed by atoms with E-state index in [1.54, 1.807) is 0 Å². The Morgan fingerprint density at radius 2 is 1.79 bits per heavy atom. The summed E-state index contributed by atoms with van der Waals surface area (Å²) < 4.78 is 18.1. The smallest absolute Gasteiger partial charge is 0.340 e. The molecule has 29 heavy (non-hydrogen) atoms. The Kier molecular flexibility index (Phi) is 6.80. The zero-order valence-electron chi connectivity index (χ0n) is 15.0. The minimum atomic E-state index is -0.959. The standard InChI is InChI=1S/C18H17FN4O6/c19-11-1-3-12(4-2-11)22(8-7-16(21)24)17(25)10-29-18(26)14-6-5-13(23(27)28)9-15(14)20/h1-6,9H,7-8,10,20H2,(H2,21,24). The monoisotopic (exact) mass is 404 g/mol. The number of nitro groups is 1. The summed E-state index contributed by atoms with van der Waals surface area (Å²) in [6.07, 6.45) is -0.160. The quantitative estimate of drug-likeness (QED) is 0.291. The lowest BCUT2D eigenvalue weighted by atomic mass is 10.1. The third-order valence-corrected chi connectivity index (χ3v) is 3.81. The molecule has 0 saturated carbocycles. The van der Waals surface area contributed by atoms with Crippen LogP contribution in [0.3, 0.4) is 0 Å². The van der Waals surface area contributed by atoms with E-state index >= 15 is 0 Å². The molecule has 2 rings (SSSR count). The maximum atomic E-state index is 13.1. The van der Waals surface area contributed by atoms with Crippen LogP contribution in [0.15, 0.2) is 42.5 Å². The lowest BCUT2D eigenvalue weighted by molar-refractivity contribution is -0.384. The molecule has 0 spiro atoms. The molecule has 0 radical (unpaired) electrons. The van der Waals surface area contributed by atoms with Crippen molar-refractivity contribution in [2.45, 2.75) is 6.42 Å². The molecule has 0 heterocycles. The van der Waals surface area contributed by atoms with E-state index in [1.165, 1.54) is 12.1 Å². The number of halogens is 1. The Bertz CT molecular complexity index is 948. The van der Waals surface area contributed by atoms with Gasteiger partial charge in [0.25, 0.3) is 11.6 Å². The number of nitro benzene ring substituents is 1. The van der Waals surface area contributed by atoms with Crippen molar-refractivity contribution < 1.29 is 28.4 Å². The van der Waals surface area contributed by atoms with E-state index in [0.29, 0.717) is 0 Å². The molecule has 0 atom stereocenters. The maximum absolute atomic E-state index is 13.1. The molecule has 4 N–H and O–H groups in total. The number of carbonyl (C=O) groups excluding carboxylic acids is 3. The topological polar surface area (TPSA) is 159 Å². The summed E-state index contributed by atoms with van der Waals surface area (Å²) in [6.45, 7) is -0.803. The van der Waals surface area contributed by atoms with Gasteiger partial charge in [-0.2, -0.15) is 0 Å². The first kappa shape index (κ1) is 21.3. The van der Waals surface area contributed by atoms with Crippen LogP contribution in [0, 0.1) is 15.9 Å². The largest absolute Gasteiger partial charge is 0.452 e. The van der Waals surface area contributed by atoms with Crippen molar-refractivity contribution in [3.63, 3.8) is 0 Å². The number of esters is 1. The van der Waals surface area contributed by atoms with Crippen molar-refractivity contribution in [2.75, 3.05) is 23.8 Å². The molecule has 0 aromatic heterocycles. The Morgan fingerprint density at radius 1 is 1.14 bits per heavy atom. The van der Waals surface area contributed by atoms with E-state index in [1.807, 2.05) is 0 Å². The molecule has 11 heteroatoms. The van der Waals surface area contributed by atoms with E-state index in [-0.39, 0.29) is 35.6 Å². The number of non-ortho nitro benzene ring substituents is 1. The predicted molar refractivity (Wildman–Crippen MR) is 100 cm³/mol. The second-order valence-electron chi connectivity index (χ2n) is 5.84. The van der Waals surface area contributed by atoms with Gasteiger partial charge in [-0.25, -0.2) is 9.18 Å². The van der Waals surface area contributed by atoms with Crippen molar-refractivity contribution in [3.8, 4) is 0 Å². The average molecular weight is 404 g/mol. The summed E-state index contributed by atoms with van der Waals surface area (Å²) in [4.78, 5) is 46.9. The van der Waals surface area contributed by atoms with E-state index in [9.17, 15) is 28.9 Å². The number of anilines is 2. The number of nitrogens with two attached hydrogens (primary N) is 2. The maximum Gasteiger partial charge on any atom is 0.340 e. The number of carbonyl (C=O) groups is 3. The van der Waals surface area contributed by atoms with Crippen molar-refractivity contribution in [3.05, 3.63) is 64.0 Å². The number of hydrogen-bond donors (Lipinski definition) is 2. The van der Waals surface area contributed by atoms with E-state index < -0.39 is 35.1 Å². The first-order valence-electron chi connectivity index (χ1n) is 8.24. The lowest BCUT2D eigenvalue weighted by Gasteiger charge is -2.22. The van der Waals surface area contributed by atoms with Crippen molar-refractivity contribution in [1.29, 1.82) is 0 Å². The van der Waals surface area contributed by atoms with Crippen LogP contribution in [-0.2, 0) is 14.3 Å². The highest BCUT2D eigenvalue weighted by molar-refractivity contribution is 5.99. The number of amides is 2. The van der Waals surface area contributed by atoms with Gasteiger partial charge in [-0.1, -0.05) is 0 Å². The molecule has 10 nitrogen and oxygen atoms in total. The number of nitrogen functional groups attached to an aromatic ring is 1. The van der Waals surface area contributed by atoms with Crippen LogP contribution < -0.4 is 16.4 Å². The van der Waals surface area contributed by atoms with Gasteiger partial charge in [-0.05, 0) is 30.3 Å². The number of ether oxygens (including phenoxy) is 1. The molecule has 2 aromatic carbocycles. The van der Waals surface area contributed by atoms with Crippen molar-refractivity contribution >= 4 is 34.8 Å². The van der Waals surface area contributed by atoms with Gasteiger partial charge in [-0.15, -0.1) is 0 Å². The van der Waals surface area contributed by atoms with Gasteiger partial charge < -0.3 is 21.1 Å². The average Bonchev–Trinajstić information content (AvgIpc) is 2.67. The van der Waals surface area contributed by atoms with Crippen LogP contribution in [0.25, 0.3) is 0 Å². The highest BCUT2D eigenvalue weighted by atomic mass is 19.1. The zero-order valence-corrected chi connectivity index (χ0v) is 15.0. The van der Waals surface area contributed by atoms with Crippen LogP contribution >= 0.6 is 0 Å². The fourth-order valence-electron chi connectivity index (χ4n) is 2.37.